The molecule has 3 N–H and O–H groups in total. The molecule has 43 heavy (non-hydrogen) atoms. The van der Waals surface area contributed by atoms with Gasteiger partial charge in [-0.15, -0.1) is 0 Å². The summed E-state index contributed by atoms with van der Waals surface area (Å²) in [5.41, 5.74) is 5.57. The van der Waals surface area contributed by atoms with Gasteiger partial charge in [0.2, 0.25) is 0 Å². The van der Waals surface area contributed by atoms with E-state index in [2.05, 4.69) is 40.6 Å². The maximum absolute atomic E-state index is 12.4. The first-order valence-corrected chi connectivity index (χ1v) is 14.8. The highest BCUT2D eigenvalue weighted by atomic mass is 16.7. The molecule has 2 amide bonds. The van der Waals surface area contributed by atoms with Crippen molar-refractivity contribution in [1.29, 1.82) is 0 Å². The third kappa shape index (κ3) is 8.49. The lowest BCUT2D eigenvalue weighted by molar-refractivity contribution is -0.275. The van der Waals surface area contributed by atoms with Gasteiger partial charge in [0, 0.05) is 55.1 Å². The second-order valence-electron chi connectivity index (χ2n) is 11.1. The Bertz CT molecular complexity index is 1420. The van der Waals surface area contributed by atoms with Crippen LogP contribution >= 0.6 is 0 Å². The fourth-order valence-corrected chi connectivity index (χ4v) is 5.26. The number of hydrogen-bond acceptors (Lipinski definition) is 6. The van der Waals surface area contributed by atoms with Gasteiger partial charge in [-0.2, -0.15) is 0 Å². The van der Waals surface area contributed by atoms with Gasteiger partial charge >= 0.3 is 6.03 Å². The smallest absolute Gasteiger partial charge is 0.319 e. The number of benzene rings is 3. The molecule has 4 unspecified atom stereocenters. The average Bonchev–Trinajstić information content (AvgIpc) is 3.05. The lowest BCUT2D eigenvalue weighted by atomic mass is 9.90. The van der Waals surface area contributed by atoms with E-state index in [0.29, 0.717) is 12.2 Å². The third-order valence-corrected chi connectivity index (χ3v) is 7.83. The van der Waals surface area contributed by atoms with Gasteiger partial charge in [-0.05, 0) is 48.0 Å². The number of urea groups is 1. The van der Waals surface area contributed by atoms with Crippen LogP contribution in [-0.4, -0.2) is 47.3 Å². The molecular weight excluding hydrogens is 540 g/mol. The van der Waals surface area contributed by atoms with Crippen molar-refractivity contribution in [3.63, 3.8) is 0 Å². The monoisotopic (exact) mass is 580 g/mol. The molecule has 1 aliphatic heterocycles. The Morgan fingerprint density at radius 1 is 0.884 bits per heavy atom. The SMILES string of the molecule is CC1C(CN(C)CCc2ccccn2)OC(c2ccc(NC(=O)NCc3ccccc3)cc2)OC1c1ccc(CO)cc1. The highest BCUT2D eigenvalue weighted by molar-refractivity contribution is 5.89. The predicted octanol–water partition coefficient (Wildman–Crippen LogP) is 5.86. The molecule has 1 aromatic heterocycles. The number of likely N-dealkylation sites (N-methyl/N-ethyl adjacent to an activating group) is 1. The summed E-state index contributed by atoms with van der Waals surface area (Å²) < 4.78 is 13.2. The summed E-state index contributed by atoms with van der Waals surface area (Å²) in [6, 6.07) is 31.0. The van der Waals surface area contributed by atoms with Gasteiger partial charge < -0.3 is 30.1 Å². The summed E-state index contributed by atoms with van der Waals surface area (Å²) >= 11 is 0. The van der Waals surface area contributed by atoms with E-state index < -0.39 is 6.29 Å². The van der Waals surface area contributed by atoms with Gasteiger partial charge in [-0.25, -0.2) is 4.79 Å². The second-order valence-corrected chi connectivity index (χ2v) is 11.1. The summed E-state index contributed by atoms with van der Waals surface area (Å²) in [5.74, 6) is 0.0859. The topological polar surface area (TPSA) is 96.0 Å². The Balaban J connectivity index is 1.26. The quantitative estimate of drug-likeness (QED) is 0.206. The molecule has 0 bridgehead atoms. The normalized spacial score (nSPS) is 20.1. The zero-order valence-corrected chi connectivity index (χ0v) is 24.7. The molecule has 2 heterocycles. The Hall–Kier alpha value is -4.08. The van der Waals surface area contributed by atoms with E-state index >= 15 is 0 Å². The van der Waals surface area contributed by atoms with Crippen LogP contribution < -0.4 is 10.6 Å². The lowest BCUT2D eigenvalue weighted by Gasteiger charge is -2.42. The number of aliphatic hydroxyl groups is 1. The predicted molar refractivity (Wildman–Crippen MR) is 167 cm³/mol. The van der Waals surface area contributed by atoms with Crippen LogP contribution in [0.2, 0.25) is 0 Å². The number of carbonyl (C=O) groups is 1. The number of nitrogens with one attached hydrogen (secondary N) is 2. The maximum Gasteiger partial charge on any atom is 0.319 e. The Morgan fingerprint density at radius 2 is 1.60 bits per heavy atom. The first-order valence-electron chi connectivity index (χ1n) is 14.8. The zero-order chi connectivity index (χ0) is 30.0. The molecule has 8 nitrogen and oxygen atoms in total. The van der Waals surface area contributed by atoms with Crippen molar-refractivity contribution in [2.24, 2.45) is 5.92 Å². The Morgan fingerprint density at radius 3 is 2.30 bits per heavy atom. The van der Waals surface area contributed by atoms with E-state index in [1.54, 1.807) is 0 Å². The van der Waals surface area contributed by atoms with Gasteiger partial charge in [0.05, 0.1) is 18.8 Å². The highest BCUT2D eigenvalue weighted by Gasteiger charge is 2.38. The molecule has 1 fully saturated rings. The van der Waals surface area contributed by atoms with Crippen LogP contribution in [0.25, 0.3) is 0 Å². The molecule has 0 radical (unpaired) electrons. The number of hydrogen-bond donors (Lipinski definition) is 3. The molecule has 5 rings (SSSR count). The number of pyridine rings is 1. The lowest BCUT2D eigenvalue weighted by Crippen LogP contribution is -2.43. The van der Waals surface area contributed by atoms with Gasteiger partial charge in [-0.3, -0.25) is 4.98 Å². The molecule has 8 heteroatoms. The van der Waals surface area contributed by atoms with Crippen LogP contribution in [0.15, 0.2) is 103 Å². The minimum absolute atomic E-state index is 0.00144. The van der Waals surface area contributed by atoms with Crippen LogP contribution in [0.4, 0.5) is 10.5 Å². The van der Waals surface area contributed by atoms with Crippen LogP contribution in [0.1, 0.15) is 47.3 Å². The van der Waals surface area contributed by atoms with E-state index in [1.165, 1.54) is 0 Å². The van der Waals surface area contributed by atoms with Gasteiger partial charge in [0.15, 0.2) is 6.29 Å². The largest absolute Gasteiger partial charge is 0.392 e. The standard InChI is InChI=1S/C35H40N4O4/c1-25-32(23-39(2)21-19-30-10-6-7-20-36-30)42-34(43-33(25)28-13-11-27(24-40)12-14-28)29-15-17-31(18-16-29)38-35(41)37-22-26-8-4-3-5-9-26/h3-18,20,25,32-34,40H,19,21-24H2,1-2H3,(H2,37,38,41). The molecule has 0 saturated carbocycles. The Labute approximate surface area is 253 Å². The van der Waals surface area contributed by atoms with E-state index in [-0.39, 0.29) is 30.8 Å². The van der Waals surface area contributed by atoms with Crippen LogP contribution in [0.3, 0.4) is 0 Å². The van der Waals surface area contributed by atoms with Crippen molar-refractivity contribution in [3.8, 4) is 0 Å². The van der Waals surface area contributed by atoms with Crippen molar-refractivity contribution in [2.45, 2.75) is 45.0 Å². The Kier molecular flexibility index (Phi) is 10.5. The summed E-state index contributed by atoms with van der Waals surface area (Å²) in [7, 11) is 2.11. The number of amides is 2. The molecule has 0 aliphatic carbocycles. The highest BCUT2D eigenvalue weighted by Crippen LogP contribution is 2.42. The number of aliphatic hydroxyl groups excluding tert-OH is 1. The fourth-order valence-electron chi connectivity index (χ4n) is 5.26. The number of aromatic nitrogens is 1. The minimum Gasteiger partial charge on any atom is -0.392 e. The maximum atomic E-state index is 12.4. The summed E-state index contributed by atoms with van der Waals surface area (Å²) in [5, 5.41) is 15.3. The number of nitrogens with zero attached hydrogens (tertiary/aromatic N) is 2. The second kappa shape index (κ2) is 14.9. The summed E-state index contributed by atoms with van der Waals surface area (Å²) in [6.07, 6.45) is 1.83. The van der Waals surface area contributed by atoms with Crippen molar-refractivity contribution >= 4 is 11.7 Å². The van der Waals surface area contributed by atoms with Gasteiger partial charge in [0.25, 0.3) is 0 Å². The van der Waals surface area contributed by atoms with Crippen LogP contribution in [0, 0.1) is 5.92 Å². The first-order chi connectivity index (χ1) is 21.0. The number of carbonyl (C=O) groups excluding carboxylic acids is 1. The number of anilines is 1. The average molecular weight is 581 g/mol. The van der Waals surface area contributed by atoms with Crippen molar-refractivity contribution in [3.05, 3.63) is 131 Å². The third-order valence-electron chi connectivity index (χ3n) is 7.83. The fraction of sp³-hybridized carbons (Fsp3) is 0.314. The van der Waals surface area contributed by atoms with Crippen molar-refractivity contribution < 1.29 is 19.4 Å². The van der Waals surface area contributed by atoms with Crippen molar-refractivity contribution in [1.82, 2.24) is 15.2 Å². The van der Waals surface area contributed by atoms with E-state index in [9.17, 15) is 9.90 Å². The molecule has 1 aliphatic rings. The van der Waals surface area contributed by atoms with Gasteiger partial charge in [0.1, 0.15) is 0 Å². The molecule has 4 atom stereocenters. The van der Waals surface area contributed by atoms with Gasteiger partial charge in [-0.1, -0.05) is 79.7 Å². The molecule has 4 aromatic rings. The van der Waals surface area contributed by atoms with E-state index in [0.717, 1.165) is 47.5 Å². The molecule has 1 saturated heterocycles. The minimum atomic E-state index is -0.575. The van der Waals surface area contributed by atoms with Crippen LogP contribution in [0.5, 0.6) is 0 Å². The molecule has 224 valence electrons. The van der Waals surface area contributed by atoms with Crippen molar-refractivity contribution in [2.75, 3.05) is 25.5 Å². The van der Waals surface area contributed by atoms with Crippen LogP contribution in [-0.2, 0) is 29.0 Å². The summed E-state index contributed by atoms with van der Waals surface area (Å²) in [4.78, 5) is 19.2. The number of ether oxygens (including phenoxy) is 2. The van der Waals surface area contributed by atoms with E-state index in [4.69, 9.17) is 9.47 Å². The molecule has 0 spiro atoms. The molecular formula is C35H40N4O4. The van der Waals surface area contributed by atoms with E-state index in [1.807, 2.05) is 97.2 Å². The zero-order valence-electron chi connectivity index (χ0n) is 24.7. The number of rotatable bonds is 11. The summed E-state index contributed by atoms with van der Waals surface area (Å²) in [6.45, 7) is 4.21. The first kappa shape index (κ1) is 30.4. The molecule has 3 aromatic carbocycles.